The molecule has 6 rings (SSSR count). The first-order valence-electron chi connectivity index (χ1n) is 13.3. The number of aromatic nitrogens is 1. The van der Waals surface area contributed by atoms with Crippen molar-refractivity contribution in [3.63, 3.8) is 0 Å². The van der Waals surface area contributed by atoms with E-state index in [0.717, 1.165) is 65.7 Å². The van der Waals surface area contributed by atoms with Crippen molar-refractivity contribution in [1.29, 1.82) is 0 Å². The molecule has 1 aliphatic heterocycles. The second-order valence-electron chi connectivity index (χ2n) is 10.2. The number of pyridine rings is 1. The quantitative estimate of drug-likeness (QED) is 0.314. The Kier molecular flexibility index (Phi) is 6.50. The van der Waals surface area contributed by atoms with Crippen LogP contribution in [0.15, 0.2) is 72.9 Å². The average Bonchev–Trinajstić information content (AvgIpc) is 3.22. The molecule has 1 atom stereocenters. The molecule has 6 heteroatoms. The lowest BCUT2D eigenvalue weighted by molar-refractivity contribution is -0.142. The summed E-state index contributed by atoms with van der Waals surface area (Å²) in [5.41, 5.74) is 11.8. The number of fused-ring (bicyclic) bond motifs is 3. The lowest BCUT2D eigenvalue weighted by Gasteiger charge is -2.34. The Morgan fingerprint density at radius 1 is 1.05 bits per heavy atom. The molecule has 1 fully saturated rings. The van der Waals surface area contributed by atoms with Crippen molar-refractivity contribution < 1.29 is 19.0 Å². The summed E-state index contributed by atoms with van der Waals surface area (Å²) in [6.45, 7) is 3.69. The van der Waals surface area contributed by atoms with Crippen LogP contribution in [0, 0.1) is 0 Å². The Labute approximate surface area is 222 Å². The Morgan fingerprint density at radius 2 is 1.84 bits per heavy atom. The zero-order chi connectivity index (χ0) is 26.1. The van der Waals surface area contributed by atoms with Gasteiger partial charge in [-0.1, -0.05) is 42.5 Å². The van der Waals surface area contributed by atoms with E-state index in [4.69, 9.17) is 19.9 Å². The Hall–Kier alpha value is -3.90. The van der Waals surface area contributed by atoms with Gasteiger partial charge in [-0.2, -0.15) is 0 Å². The van der Waals surface area contributed by atoms with Gasteiger partial charge >= 0.3 is 5.97 Å². The predicted octanol–water partition coefficient (Wildman–Crippen LogP) is 6.16. The van der Waals surface area contributed by atoms with Gasteiger partial charge in [0.25, 0.3) is 0 Å². The van der Waals surface area contributed by atoms with Gasteiger partial charge in [-0.05, 0) is 78.1 Å². The topological polar surface area (TPSA) is 83.7 Å². The second kappa shape index (κ2) is 10.1. The van der Waals surface area contributed by atoms with Crippen LogP contribution in [-0.4, -0.2) is 30.8 Å². The van der Waals surface area contributed by atoms with E-state index in [9.17, 15) is 4.79 Å². The lowest BCUT2D eigenvalue weighted by atomic mass is 9.75. The first-order valence-corrected chi connectivity index (χ1v) is 13.3. The van der Waals surface area contributed by atoms with E-state index in [1.807, 2.05) is 37.3 Å². The summed E-state index contributed by atoms with van der Waals surface area (Å²) in [7, 11) is 0. The van der Waals surface area contributed by atoms with Gasteiger partial charge in [-0.15, -0.1) is 0 Å². The van der Waals surface area contributed by atoms with Crippen LogP contribution in [0.1, 0.15) is 49.0 Å². The summed E-state index contributed by atoms with van der Waals surface area (Å²) in [6, 6.07) is 22.8. The first-order chi connectivity index (χ1) is 18.6. The van der Waals surface area contributed by atoms with Crippen LogP contribution in [0.4, 0.5) is 5.82 Å². The third kappa shape index (κ3) is 4.50. The van der Waals surface area contributed by atoms with Gasteiger partial charge in [0, 0.05) is 35.8 Å². The van der Waals surface area contributed by atoms with E-state index >= 15 is 0 Å². The van der Waals surface area contributed by atoms with Crippen molar-refractivity contribution in [2.75, 3.05) is 25.6 Å². The minimum absolute atomic E-state index is 0.0323. The number of nitrogens with zero attached hydrogens (tertiary/aromatic N) is 1. The smallest absolute Gasteiger partial charge is 0.310 e. The van der Waals surface area contributed by atoms with Crippen molar-refractivity contribution in [3.05, 3.63) is 89.6 Å². The molecule has 0 bridgehead atoms. The third-order valence-corrected chi connectivity index (χ3v) is 8.01. The first kappa shape index (κ1) is 24.4. The molecule has 0 saturated carbocycles. The van der Waals surface area contributed by atoms with E-state index < -0.39 is 0 Å². The summed E-state index contributed by atoms with van der Waals surface area (Å²) in [4.78, 5) is 16.5. The number of ether oxygens (including phenoxy) is 3. The maximum absolute atomic E-state index is 12.3. The average molecular weight is 509 g/mol. The molecule has 3 aromatic carbocycles. The monoisotopic (exact) mass is 508 g/mol. The number of carbonyl (C=O) groups excluding carboxylic acids is 1. The molecule has 0 amide bonds. The molecule has 38 heavy (non-hydrogen) atoms. The van der Waals surface area contributed by atoms with Crippen molar-refractivity contribution >= 4 is 22.6 Å². The van der Waals surface area contributed by atoms with Gasteiger partial charge in [-0.25, -0.2) is 4.98 Å². The van der Waals surface area contributed by atoms with Gasteiger partial charge < -0.3 is 19.9 Å². The Bertz CT molecular complexity index is 1490. The molecule has 2 aliphatic rings. The standard InChI is InChI=1S/C32H32N2O4/c1-2-37-30(35)19-24-5-3-4-6-28(24)38-29-20-32(12-15-36-16-13-32)27-10-9-23(18-26(27)29)22-8-7-21-11-14-34-31(33)25(21)17-22/h3-11,14,17-18,29H,2,12-13,15-16,19-20H2,1H3,(H2,33,34). The van der Waals surface area contributed by atoms with Gasteiger partial charge in [0.1, 0.15) is 17.7 Å². The van der Waals surface area contributed by atoms with Gasteiger partial charge in [-0.3, -0.25) is 4.79 Å². The predicted molar refractivity (Wildman–Crippen MR) is 148 cm³/mol. The Morgan fingerprint density at radius 3 is 2.68 bits per heavy atom. The number of para-hydroxylation sites is 1. The SMILES string of the molecule is CCOC(=O)Cc1ccccc1OC1CC2(CCOCC2)c2ccc(-c3ccc4ccnc(N)c4c3)cc21. The summed E-state index contributed by atoms with van der Waals surface area (Å²) in [6.07, 6.45) is 4.64. The highest BCUT2D eigenvalue weighted by Crippen LogP contribution is 2.53. The molecule has 194 valence electrons. The van der Waals surface area contributed by atoms with E-state index in [-0.39, 0.29) is 23.9 Å². The molecule has 1 aromatic heterocycles. The van der Waals surface area contributed by atoms with Crippen LogP contribution in [0.5, 0.6) is 5.75 Å². The molecule has 2 N–H and O–H groups in total. The van der Waals surface area contributed by atoms with E-state index in [1.54, 1.807) is 6.20 Å². The van der Waals surface area contributed by atoms with Crippen molar-refractivity contribution in [2.24, 2.45) is 0 Å². The molecule has 1 aliphatic carbocycles. The number of anilines is 1. The number of hydrogen-bond acceptors (Lipinski definition) is 6. The lowest BCUT2D eigenvalue weighted by Crippen LogP contribution is -2.32. The van der Waals surface area contributed by atoms with Gasteiger partial charge in [0.2, 0.25) is 0 Å². The van der Waals surface area contributed by atoms with Crippen molar-refractivity contribution in [2.45, 2.75) is 44.1 Å². The largest absolute Gasteiger partial charge is 0.485 e. The zero-order valence-corrected chi connectivity index (χ0v) is 21.6. The third-order valence-electron chi connectivity index (χ3n) is 8.01. The molecule has 4 aromatic rings. The molecule has 0 radical (unpaired) electrons. The summed E-state index contributed by atoms with van der Waals surface area (Å²) < 4.78 is 17.7. The van der Waals surface area contributed by atoms with Gasteiger partial charge in [0.05, 0.1) is 13.0 Å². The molecule has 1 saturated heterocycles. The molecular weight excluding hydrogens is 476 g/mol. The van der Waals surface area contributed by atoms with Crippen molar-refractivity contribution in [1.82, 2.24) is 4.98 Å². The maximum Gasteiger partial charge on any atom is 0.310 e. The van der Waals surface area contributed by atoms with Crippen LogP contribution in [0.3, 0.4) is 0 Å². The Balaban J connectivity index is 1.39. The van der Waals surface area contributed by atoms with E-state index in [2.05, 4.69) is 41.4 Å². The highest BCUT2D eigenvalue weighted by Gasteiger charge is 2.46. The molecule has 2 heterocycles. The molecule has 6 nitrogen and oxygen atoms in total. The normalized spacial score (nSPS) is 17.9. The van der Waals surface area contributed by atoms with Crippen LogP contribution in [0.25, 0.3) is 21.9 Å². The van der Waals surface area contributed by atoms with Crippen LogP contribution >= 0.6 is 0 Å². The minimum Gasteiger partial charge on any atom is -0.485 e. The number of nitrogen functional groups attached to an aromatic ring is 1. The summed E-state index contributed by atoms with van der Waals surface area (Å²) in [5.74, 6) is 1.02. The fraction of sp³-hybridized carbons (Fsp3) is 0.312. The number of benzene rings is 3. The fourth-order valence-corrected chi connectivity index (χ4v) is 6.06. The van der Waals surface area contributed by atoms with E-state index in [1.165, 1.54) is 11.1 Å². The molecular formula is C32H32N2O4. The van der Waals surface area contributed by atoms with Crippen LogP contribution in [-0.2, 0) is 26.1 Å². The number of hydrogen-bond donors (Lipinski definition) is 1. The molecule has 1 unspecified atom stereocenters. The summed E-state index contributed by atoms with van der Waals surface area (Å²) >= 11 is 0. The molecule has 1 spiro atoms. The van der Waals surface area contributed by atoms with Gasteiger partial charge in [0.15, 0.2) is 0 Å². The van der Waals surface area contributed by atoms with Crippen LogP contribution < -0.4 is 10.5 Å². The second-order valence-corrected chi connectivity index (χ2v) is 10.2. The highest BCUT2D eigenvalue weighted by atomic mass is 16.5. The number of esters is 1. The number of carbonyl (C=O) groups is 1. The van der Waals surface area contributed by atoms with Crippen molar-refractivity contribution in [3.8, 4) is 16.9 Å². The number of rotatable bonds is 6. The van der Waals surface area contributed by atoms with Crippen LogP contribution in [0.2, 0.25) is 0 Å². The minimum atomic E-state index is -0.247. The number of nitrogens with two attached hydrogens (primary N) is 1. The highest BCUT2D eigenvalue weighted by molar-refractivity contribution is 5.94. The maximum atomic E-state index is 12.3. The zero-order valence-electron chi connectivity index (χ0n) is 21.6. The fourth-order valence-electron chi connectivity index (χ4n) is 6.06. The van der Waals surface area contributed by atoms with E-state index in [0.29, 0.717) is 12.4 Å². The summed E-state index contributed by atoms with van der Waals surface area (Å²) in [5, 5.41) is 2.02.